The molecular weight excluding hydrogens is 102 g/mol. The van der Waals surface area contributed by atoms with Gasteiger partial charge in [0.15, 0.2) is 0 Å². The normalized spacial score (nSPS) is 23.6. The molecule has 0 bridgehead atoms. The van der Waals surface area contributed by atoms with Gasteiger partial charge in [0.05, 0.1) is 26.3 Å². The number of hydrogen-bond acceptors (Lipinski definition) is 1. The van der Waals surface area contributed by atoms with E-state index in [1.54, 1.807) is 0 Å². The zero-order valence-corrected chi connectivity index (χ0v) is 5.39. The predicted molar refractivity (Wildman–Crippen MR) is 31.7 cm³/mol. The van der Waals surface area contributed by atoms with Crippen molar-refractivity contribution in [3.8, 4) is 0 Å². The van der Waals surface area contributed by atoms with Gasteiger partial charge in [-0.2, -0.15) is 0 Å². The van der Waals surface area contributed by atoms with Crippen molar-refractivity contribution in [3.05, 3.63) is 0 Å². The summed E-state index contributed by atoms with van der Waals surface area (Å²) in [6.07, 6.45) is 2.47. The third kappa shape index (κ3) is 1.46. The van der Waals surface area contributed by atoms with Gasteiger partial charge in [-0.25, -0.2) is 0 Å². The third-order valence-electron chi connectivity index (χ3n) is 1.74. The maximum Gasteiger partial charge on any atom is 0.0901 e. The van der Waals surface area contributed by atoms with E-state index in [-0.39, 0.29) is 0 Å². The van der Waals surface area contributed by atoms with Gasteiger partial charge in [-0.1, -0.05) is 0 Å². The average Bonchev–Trinajstić information content (AvgIpc) is 1.90. The van der Waals surface area contributed by atoms with Crippen LogP contribution >= 0.6 is 0 Å². The summed E-state index contributed by atoms with van der Waals surface area (Å²) in [6.45, 7) is 1.93. The highest BCUT2D eigenvalue weighted by atomic mass is 16.5. The van der Waals surface area contributed by atoms with Gasteiger partial charge < -0.3 is 10.1 Å². The zero-order valence-electron chi connectivity index (χ0n) is 5.39. The second kappa shape index (κ2) is 3.05. The van der Waals surface area contributed by atoms with Crippen LogP contribution in [0.1, 0.15) is 12.8 Å². The first-order valence-electron chi connectivity index (χ1n) is 3.30. The van der Waals surface area contributed by atoms with Crippen molar-refractivity contribution in [2.75, 3.05) is 20.3 Å². The molecule has 2 nitrogen and oxygen atoms in total. The highest BCUT2D eigenvalue weighted by Gasteiger charge is 2.13. The van der Waals surface area contributed by atoms with E-state index in [9.17, 15) is 0 Å². The first kappa shape index (κ1) is 6.05. The van der Waals surface area contributed by atoms with Crippen LogP contribution in [0.25, 0.3) is 0 Å². The molecule has 2 N–H and O–H groups in total. The Kier molecular flexibility index (Phi) is 2.30. The standard InChI is InChI=1S/C6H13NO/c1-7-6-2-4-8-5-3-6/h6-7H,2-5H2,1H3/p+1. The van der Waals surface area contributed by atoms with Gasteiger partial charge in [-0.05, 0) is 0 Å². The van der Waals surface area contributed by atoms with Crippen LogP contribution in [0, 0.1) is 0 Å². The Hall–Kier alpha value is -0.0800. The summed E-state index contributed by atoms with van der Waals surface area (Å²) >= 11 is 0. The second-order valence-corrected chi connectivity index (χ2v) is 2.28. The molecule has 0 atom stereocenters. The summed E-state index contributed by atoms with van der Waals surface area (Å²) in [4.78, 5) is 0. The van der Waals surface area contributed by atoms with Crippen LogP contribution in [-0.4, -0.2) is 26.3 Å². The van der Waals surface area contributed by atoms with Crippen molar-refractivity contribution in [2.45, 2.75) is 18.9 Å². The van der Waals surface area contributed by atoms with Crippen LogP contribution in [0.3, 0.4) is 0 Å². The summed E-state index contributed by atoms with van der Waals surface area (Å²) in [6, 6.07) is 0.837. The Bertz CT molecular complexity index is 59.5. The third-order valence-corrected chi connectivity index (χ3v) is 1.74. The van der Waals surface area contributed by atoms with Gasteiger partial charge in [0.25, 0.3) is 0 Å². The van der Waals surface area contributed by atoms with Gasteiger partial charge in [0, 0.05) is 12.8 Å². The van der Waals surface area contributed by atoms with E-state index < -0.39 is 0 Å². The first-order chi connectivity index (χ1) is 3.93. The van der Waals surface area contributed by atoms with Gasteiger partial charge in [-0.3, -0.25) is 0 Å². The summed E-state index contributed by atoms with van der Waals surface area (Å²) in [5.74, 6) is 0. The molecule has 0 saturated carbocycles. The van der Waals surface area contributed by atoms with Crippen LogP contribution in [0.15, 0.2) is 0 Å². The fourth-order valence-electron chi connectivity index (χ4n) is 1.05. The lowest BCUT2D eigenvalue weighted by atomic mass is 10.1. The largest absolute Gasteiger partial charge is 0.381 e. The molecule has 0 unspecified atom stereocenters. The summed E-state index contributed by atoms with van der Waals surface area (Å²) in [5.41, 5.74) is 0. The lowest BCUT2D eigenvalue weighted by Gasteiger charge is -2.17. The number of quaternary nitrogens is 1. The lowest BCUT2D eigenvalue weighted by molar-refractivity contribution is -0.667. The lowest BCUT2D eigenvalue weighted by Crippen LogP contribution is -2.86. The molecule has 48 valence electrons. The molecule has 0 radical (unpaired) electrons. The van der Waals surface area contributed by atoms with E-state index in [2.05, 4.69) is 12.4 Å². The molecule has 8 heavy (non-hydrogen) atoms. The monoisotopic (exact) mass is 116 g/mol. The second-order valence-electron chi connectivity index (χ2n) is 2.28. The van der Waals surface area contributed by atoms with Gasteiger partial charge in [0.2, 0.25) is 0 Å². The molecule has 1 aliphatic rings. The number of ether oxygens (including phenoxy) is 1. The van der Waals surface area contributed by atoms with E-state index in [0.717, 1.165) is 19.3 Å². The molecule has 1 saturated heterocycles. The smallest absolute Gasteiger partial charge is 0.0901 e. The molecule has 0 aliphatic carbocycles. The summed E-state index contributed by atoms with van der Waals surface area (Å²) < 4.78 is 5.18. The average molecular weight is 116 g/mol. The quantitative estimate of drug-likeness (QED) is 0.484. The molecule has 1 rings (SSSR count). The minimum Gasteiger partial charge on any atom is -0.381 e. The molecule has 1 aliphatic heterocycles. The molecule has 0 aromatic heterocycles. The summed E-state index contributed by atoms with van der Waals surface area (Å²) in [5, 5.41) is 2.28. The summed E-state index contributed by atoms with van der Waals surface area (Å²) in [7, 11) is 2.13. The topological polar surface area (TPSA) is 25.8 Å². The van der Waals surface area contributed by atoms with E-state index in [0.29, 0.717) is 0 Å². The first-order valence-corrected chi connectivity index (χ1v) is 3.30. The van der Waals surface area contributed by atoms with Crippen LogP contribution in [0.4, 0.5) is 0 Å². The maximum atomic E-state index is 5.18. The van der Waals surface area contributed by atoms with Crippen LogP contribution < -0.4 is 5.32 Å². The minimum absolute atomic E-state index is 0.837. The van der Waals surface area contributed by atoms with Crippen molar-refractivity contribution >= 4 is 0 Å². The zero-order chi connectivity index (χ0) is 5.82. The molecule has 0 amide bonds. The van der Waals surface area contributed by atoms with E-state index in [4.69, 9.17) is 4.74 Å². The maximum absolute atomic E-state index is 5.18. The fourth-order valence-corrected chi connectivity index (χ4v) is 1.05. The molecule has 0 aromatic rings. The van der Waals surface area contributed by atoms with Crippen molar-refractivity contribution in [1.29, 1.82) is 0 Å². The Balaban J connectivity index is 2.13. The van der Waals surface area contributed by atoms with E-state index in [1.165, 1.54) is 12.8 Å². The fraction of sp³-hybridized carbons (Fsp3) is 1.00. The van der Waals surface area contributed by atoms with Gasteiger partial charge >= 0.3 is 0 Å². The number of hydrogen-bond donors (Lipinski definition) is 1. The van der Waals surface area contributed by atoms with Crippen molar-refractivity contribution in [1.82, 2.24) is 0 Å². The van der Waals surface area contributed by atoms with Crippen molar-refractivity contribution < 1.29 is 10.1 Å². The van der Waals surface area contributed by atoms with Gasteiger partial charge in [0.1, 0.15) is 0 Å². The Morgan fingerprint density at radius 1 is 1.38 bits per heavy atom. The van der Waals surface area contributed by atoms with Crippen molar-refractivity contribution in [3.63, 3.8) is 0 Å². The molecule has 1 heterocycles. The van der Waals surface area contributed by atoms with Gasteiger partial charge in [-0.15, -0.1) is 0 Å². The van der Waals surface area contributed by atoms with Crippen LogP contribution in [-0.2, 0) is 4.74 Å². The highest BCUT2D eigenvalue weighted by Crippen LogP contribution is 2.00. The molecule has 0 aromatic carbocycles. The van der Waals surface area contributed by atoms with Crippen molar-refractivity contribution in [2.24, 2.45) is 0 Å². The molecular formula is C6H14NO+. The SMILES string of the molecule is C[NH2+]C1CCOCC1. The highest BCUT2D eigenvalue weighted by molar-refractivity contribution is 4.57. The van der Waals surface area contributed by atoms with E-state index >= 15 is 0 Å². The number of nitrogens with two attached hydrogens (primary N) is 1. The molecule has 1 fully saturated rings. The Morgan fingerprint density at radius 2 is 2.00 bits per heavy atom. The minimum atomic E-state index is 0.837. The van der Waals surface area contributed by atoms with Crippen LogP contribution in [0.2, 0.25) is 0 Å². The van der Waals surface area contributed by atoms with Crippen LogP contribution in [0.5, 0.6) is 0 Å². The molecule has 0 spiro atoms. The Labute approximate surface area is 50.2 Å². The molecule has 2 heteroatoms. The number of rotatable bonds is 1. The Morgan fingerprint density at radius 3 is 2.38 bits per heavy atom. The van der Waals surface area contributed by atoms with E-state index in [1.807, 2.05) is 0 Å². The predicted octanol–water partition coefficient (Wildman–Crippen LogP) is -0.641.